The van der Waals surface area contributed by atoms with Gasteiger partial charge in [0.1, 0.15) is 11.6 Å². The summed E-state index contributed by atoms with van der Waals surface area (Å²) in [6.07, 6.45) is 3.57. The Morgan fingerprint density at radius 2 is 1.92 bits per heavy atom. The highest BCUT2D eigenvalue weighted by molar-refractivity contribution is 5.82. The van der Waals surface area contributed by atoms with E-state index in [1.165, 1.54) is 12.1 Å². The highest BCUT2D eigenvalue weighted by Gasteiger charge is 2.50. The van der Waals surface area contributed by atoms with Crippen molar-refractivity contribution in [2.75, 3.05) is 26.2 Å². The molecule has 3 fully saturated rings. The van der Waals surface area contributed by atoms with Gasteiger partial charge in [-0.15, -0.1) is 0 Å². The molecule has 4 rings (SSSR count). The van der Waals surface area contributed by atoms with Crippen molar-refractivity contribution < 1.29 is 18.4 Å². The van der Waals surface area contributed by atoms with Gasteiger partial charge in [0.15, 0.2) is 0 Å². The minimum Gasteiger partial charge on any atom is -0.347 e. The molecule has 1 aromatic rings. The first-order valence-corrected chi connectivity index (χ1v) is 9.23. The average Bonchev–Trinajstić information content (AvgIpc) is 2.98. The number of nitrogens with one attached hydrogen (secondary N) is 1. The van der Waals surface area contributed by atoms with Gasteiger partial charge < -0.3 is 15.1 Å². The molecule has 3 aliphatic rings. The van der Waals surface area contributed by atoms with Crippen LogP contribution in [0.2, 0.25) is 0 Å². The first kappa shape index (κ1) is 17.2. The summed E-state index contributed by atoms with van der Waals surface area (Å²) >= 11 is 0. The Labute approximate surface area is 151 Å². The van der Waals surface area contributed by atoms with Crippen molar-refractivity contribution in [1.29, 1.82) is 0 Å². The maximum Gasteiger partial charge on any atom is 0.320 e. The van der Waals surface area contributed by atoms with Crippen LogP contribution in [0.5, 0.6) is 0 Å². The smallest absolute Gasteiger partial charge is 0.320 e. The molecule has 1 aromatic carbocycles. The molecule has 0 unspecified atom stereocenters. The fourth-order valence-corrected chi connectivity index (χ4v) is 4.36. The van der Waals surface area contributed by atoms with Gasteiger partial charge in [0, 0.05) is 38.7 Å². The Kier molecular flexibility index (Phi) is 4.32. The predicted molar refractivity (Wildman–Crippen MR) is 91.4 cm³/mol. The minimum atomic E-state index is -0.558. The second-order valence-corrected chi connectivity index (χ2v) is 7.84. The lowest BCUT2D eigenvalue weighted by atomic mass is 9.88. The molecule has 3 saturated heterocycles. The van der Waals surface area contributed by atoms with Gasteiger partial charge in [-0.25, -0.2) is 13.6 Å². The summed E-state index contributed by atoms with van der Waals surface area (Å²) in [6, 6.07) is 3.76. The summed E-state index contributed by atoms with van der Waals surface area (Å²) in [4.78, 5) is 27.6. The summed E-state index contributed by atoms with van der Waals surface area (Å²) in [7, 11) is 0. The van der Waals surface area contributed by atoms with E-state index in [4.69, 9.17) is 0 Å². The highest BCUT2D eigenvalue weighted by atomic mass is 19.1. The normalized spacial score (nSPS) is 22.5. The Bertz CT molecular complexity index is 725. The topological polar surface area (TPSA) is 52.7 Å². The van der Waals surface area contributed by atoms with Gasteiger partial charge in [-0.1, -0.05) is 6.07 Å². The predicted octanol–water partition coefficient (Wildman–Crippen LogP) is 2.30. The number of nitrogens with zero attached hydrogens (tertiary/aromatic N) is 2. The molecule has 0 saturated carbocycles. The molecule has 0 radical (unpaired) electrons. The molecule has 5 nitrogen and oxygen atoms in total. The van der Waals surface area contributed by atoms with Crippen molar-refractivity contribution in [3.8, 4) is 0 Å². The SMILES string of the molecule is O=C1CCC2(CN(C(=O)N3CCC(Cc4ccc(F)cc4F)CC3)C2)N1. The Morgan fingerprint density at radius 3 is 2.54 bits per heavy atom. The van der Waals surface area contributed by atoms with Gasteiger partial charge in [0.25, 0.3) is 0 Å². The Morgan fingerprint density at radius 1 is 1.19 bits per heavy atom. The number of urea groups is 1. The number of hydrogen-bond acceptors (Lipinski definition) is 2. The van der Waals surface area contributed by atoms with Crippen molar-refractivity contribution in [2.24, 2.45) is 5.92 Å². The summed E-state index contributed by atoms with van der Waals surface area (Å²) in [6.45, 7) is 2.50. The number of benzene rings is 1. The quantitative estimate of drug-likeness (QED) is 0.877. The van der Waals surface area contributed by atoms with Crippen LogP contribution in [-0.2, 0) is 11.2 Å². The van der Waals surface area contributed by atoms with E-state index < -0.39 is 11.6 Å². The molecule has 3 amide bonds. The number of carbonyl (C=O) groups is 2. The minimum absolute atomic E-state index is 0.0307. The number of piperidine rings is 1. The van der Waals surface area contributed by atoms with E-state index >= 15 is 0 Å². The van der Waals surface area contributed by atoms with Crippen LogP contribution in [-0.4, -0.2) is 53.5 Å². The summed E-state index contributed by atoms with van der Waals surface area (Å²) in [5, 5.41) is 2.98. The van der Waals surface area contributed by atoms with Crippen LogP contribution in [0.25, 0.3) is 0 Å². The lowest BCUT2D eigenvalue weighted by Crippen LogP contribution is -2.70. The van der Waals surface area contributed by atoms with Crippen molar-refractivity contribution >= 4 is 11.9 Å². The van der Waals surface area contributed by atoms with Crippen molar-refractivity contribution in [1.82, 2.24) is 15.1 Å². The number of halogens is 2. The molecule has 0 atom stereocenters. The van der Waals surface area contributed by atoms with E-state index in [2.05, 4.69) is 5.32 Å². The Hall–Kier alpha value is -2.18. The van der Waals surface area contributed by atoms with Gasteiger partial charge in [-0.2, -0.15) is 0 Å². The lowest BCUT2D eigenvalue weighted by Gasteiger charge is -2.49. The maximum absolute atomic E-state index is 13.8. The van der Waals surface area contributed by atoms with Crippen LogP contribution < -0.4 is 5.32 Å². The third-order valence-corrected chi connectivity index (χ3v) is 5.90. The summed E-state index contributed by atoms with van der Waals surface area (Å²) < 4.78 is 26.8. The lowest BCUT2D eigenvalue weighted by molar-refractivity contribution is -0.120. The number of amides is 3. The zero-order valence-corrected chi connectivity index (χ0v) is 14.6. The van der Waals surface area contributed by atoms with Gasteiger partial charge in [0.05, 0.1) is 5.54 Å². The molecule has 140 valence electrons. The first-order chi connectivity index (χ1) is 12.4. The molecular weight excluding hydrogens is 340 g/mol. The van der Waals surface area contributed by atoms with Crippen LogP contribution in [0.4, 0.5) is 13.6 Å². The van der Waals surface area contributed by atoms with E-state index in [1.807, 2.05) is 4.90 Å². The maximum atomic E-state index is 13.8. The molecule has 3 heterocycles. The van der Waals surface area contributed by atoms with Gasteiger partial charge in [0.2, 0.25) is 5.91 Å². The molecule has 3 aliphatic heterocycles. The van der Waals surface area contributed by atoms with E-state index in [0.717, 1.165) is 25.3 Å². The fraction of sp³-hybridized carbons (Fsp3) is 0.579. The molecular formula is C19H23F2N3O2. The number of rotatable bonds is 2. The van der Waals surface area contributed by atoms with Crippen LogP contribution in [0.3, 0.4) is 0 Å². The number of carbonyl (C=O) groups excluding carboxylic acids is 2. The van der Waals surface area contributed by atoms with Crippen LogP contribution in [0.15, 0.2) is 18.2 Å². The van der Waals surface area contributed by atoms with Gasteiger partial charge in [-0.05, 0) is 43.2 Å². The molecule has 0 aromatic heterocycles. The highest BCUT2D eigenvalue weighted by Crippen LogP contribution is 2.32. The van der Waals surface area contributed by atoms with E-state index in [9.17, 15) is 18.4 Å². The van der Waals surface area contributed by atoms with Crippen LogP contribution >= 0.6 is 0 Å². The Balaban J connectivity index is 1.26. The van der Waals surface area contributed by atoms with E-state index in [-0.39, 0.29) is 17.5 Å². The monoisotopic (exact) mass is 363 g/mol. The number of likely N-dealkylation sites (tertiary alicyclic amines) is 2. The largest absolute Gasteiger partial charge is 0.347 e. The fourth-order valence-electron chi connectivity index (χ4n) is 4.36. The molecule has 26 heavy (non-hydrogen) atoms. The second kappa shape index (κ2) is 6.52. The summed E-state index contributed by atoms with van der Waals surface area (Å²) in [5.41, 5.74) is 0.350. The third-order valence-electron chi connectivity index (χ3n) is 5.90. The zero-order valence-electron chi connectivity index (χ0n) is 14.6. The summed E-state index contributed by atoms with van der Waals surface area (Å²) in [5.74, 6) is -0.674. The molecule has 1 N–H and O–H groups in total. The van der Waals surface area contributed by atoms with E-state index in [0.29, 0.717) is 50.5 Å². The van der Waals surface area contributed by atoms with Crippen LogP contribution in [0.1, 0.15) is 31.2 Å². The first-order valence-electron chi connectivity index (χ1n) is 9.23. The second-order valence-electron chi connectivity index (χ2n) is 7.84. The van der Waals surface area contributed by atoms with Crippen molar-refractivity contribution in [3.63, 3.8) is 0 Å². The molecule has 1 spiro atoms. The standard InChI is InChI=1S/C19H23F2N3O2/c20-15-2-1-14(16(21)10-15)9-13-4-7-23(8-5-13)18(26)24-11-19(12-24)6-3-17(25)22-19/h1-2,10,13H,3-9,11-12H2,(H,22,25). The van der Waals surface area contributed by atoms with E-state index in [1.54, 1.807) is 4.90 Å². The average molecular weight is 363 g/mol. The van der Waals surface area contributed by atoms with Gasteiger partial charge >= 0.3 is 6.03 Å². The van der Waals surface area contributed by atoms with Crippen molar-refractivity contribution in [3.05, 3.63) is 35.4 Å². The van der Waals surface area contributed by atoms with Crippen LogP contribution in [0, 0.1) is 17.6 Å². The third kappa shape index (κ3) is 3.27. The van der Waals surface area contributed by atoms with Crippen molar-refractivity contribution in [2.45, 2.75) is 37.6 Å². The zero-order chi connectivity index (χ0) is 18.3. The van der Waals surface area contributed by atoms with Gasteiger partial charge in [-0.3, -0.25) is 4.79 Å². The number of hydrogen-bond donors (Lipinski definition) is 1. The molecule has 7 heteroatoms. The molecule has 0 aliphatic carbocycles. The molecule has 0 bridgehead atoms.